The average Bonchev–Trinajstić information content (AvgIpc) is 3.45. The molecule has 0 N–H and O–H groups in total. The molecule has 0 spiro atoms. The van der Waals surface area contributed by atoms with E-state index < -0.39 is 11.2 Å². The van der Waals surface area contributed by atoms with Crippen molar-refractivity contribution in [2.45, 2.75) is 24.7 Å². The van der Waals surface area contributed by atoms with Crippen molar-refractivity contribution >= 4 is 17.1 Å². The Morgan fingerprint density at radius 1 is 1.13 bits per heavy atom. The van der Waals surface area contributed by atoms with Crippen molar-refractivity contribution in [3.8, 4) is 22.6 Å². The molecule has 0 saturated carbocycles. The van der Waals surface area contributed by atoms with Crippen LogP contribution < -0.4 is 14.4 Å². The lowest BCUT2D eigenvalue weighted by atomic mass is 10.1. The standard InChI is InChI=1S/C24H25N3O3S/c1-2-17-12-25-24(26-13-17)27-10-9-18(14-27)15-29-21-6-3-19(4-7-21)20-5-8-23-22(11-20)30-16-31(23)28/h3-8,11-13,18H,2,9-10,14-16H2,1H3/t18-,31+/m0/s1. The van der Waals surface area contributed by atoms with Crippen LogP contribution in [0.25, 0.3) is 11.1 Å². The van der Waals surface area contributed by atoms with Crippen LogP contribution in [0.15, 0.2) is 59.8 Å². The maximum Gasteiger partial charge on any atom is 0.250 e. The molecule has 1 fully saturated rings. The summed E-state index contributed by atoms with van der Waals surface area (Å²) in [5, 5.41) is 0. The summed E-state index contributed by atoms with van der Waals surface area (Å²) in [5.41, 5.74) is 3.29. The van der Waals surface area contributed by atoms with E-state index in [1.807, 2.05) is 54.9 Å². The van der Waals surface area contributed by atoms with E-state index in [1.54, 1.807) is 0 Å². The first kappa shape index (κ1) is 20.2. The monoisotopic (exact) mass is 435 g/mol. The highest BCUT2D eigenvalue weighted by molar-refractivity contribution is 7.91. The molecule has 6 nitrogen and oxygen atoms in total. The lowest BCUT2D eigenvalue weighted by Crippen LogP contribution is -2.23. The smallest absolute Gasteiger partial charge is 0.250 e. The summed E-state index contributed by atoms with van der Waals surface area (Å²) in [4.78, 5) is 12.0. The molecule has 1 saturated heterocycles. The van der Waals surface area contributed by atoms with Gasteiger partial charge in [0.15, 0.2) is 10.6 Å². The van der Waals surface area contributed by atoms with Gasteiger partial charge in [0.1, 0.15) is 5.75 Å². The van der Waals surface area contributed by atoms with Crippen molar-refractivity contribution in [2.24, 2.45) is 5.92 Å². The number of aromatic nitrogens is 2. The molecule has 0 radical (unpaired) electrons. The van der Waals surface area contributed by atoms with Gasteiger partial charge in [-0.2, -0.15) is 0 Å². The summed E-state index contributed by atoms with van der Waals surface area (Å²) in [7, 11) is 0. The number of anilines is 1. The molecule has 0 unspecified atom stereocenters. The third-order valence-corrected chi connectivity index (χ3v) is 7.01. The molecule has 2 aromatic carbocycles. The molecule has 1 aromatic heterocycles. The summed E-state index contributed by atoms with van der Waals surface area (Å²) >= 11 is -1.04. The second-order valence-corrected chi connectivity index (χ2v) is 9.32. The van der Waals surface area contributed by atoms with Gasteiger partial charge in [-0.3, -0.25) is 0 Å². The van der Waals surface area contributed by atoms with Gasteiger partial charge in [-0.05, 0) is 59.9 Å². The Morgan fingerprint density at radius 2 is 1.90 bits per heavy atom. The van der Waals surface area contributed by atoms with Crippen LogP contribution >= 0.6 is 0 Å². The van der Waals surface area contributed by atoms with E-state index in [0.29, 0.717) is 12.5 Å². The van der Waals surface area contributed by atoms with E-state index in [4.69, 9.17) is 9.47 Å². The minimum absolute atomic E-state index is 0.250. The van der Waals surface area contributed by atoms with Crippen LogP contribution in [0.3, 0.4) is 0 Å². The molecule has 2 atom stereocenters. The fourth-order valence-electron chi connectivity index (χ4n) is 3.97. The molecule has 0 aliphatic carbocycles. The Morgan fingerprint density at radius 3 is 2.68 bits per heavy atom. The van der Waals surface area contributed by atoms with Crippen LogP contribution in [0, 0.1) is 5.92 Å². The maximum absolute atomic E-state index is 11.8. The summed E-state index contributed by atoms with van der Waals surface area (Å²) in [6, 6.07) is 13.9. The van der Waals surface area contributed by atoms with Gasteiger partial charge in [-0.25, -0.2) is 9.97 Å². The normalized spacial score (nSPS) is 19.9. The highest BCUT2D eigenvalue weighted by Gasteiger charge is 2.26. The summed E-state index contributed by atoms with van der Waals surface area (Å²) in [5.74, 6) is 3.11. The van der Waals surface area contributed by atoms with Gasteiger partial charge in [0.25, 0.3) is 5.94 Å². The predicted octanol–water partition coefficient (Wildman–Crippen LogP) is 4.07. The summed E-state index contributed by atoms with van der Waals surface area (Å²) in [6.45, 7) is 4.67. The highest BCUT2D eigenvalue weighted by Crippen LogP contribution is 2.35. The maximum atomic E-state index is 11.8. The number of benzene rings is 2. The number of aryl methyl sites for hydroxylation is 1. The SMILES string of the molecule is CCc1cnc(N2CC[C@H](COc3ccc(-c4ccc5c(c4)OC[S@@+]5[O-])cc3)C2)nc1. The molecule has 3 aromatic rings. The van der Waals surface area contributed by atoms with Crippen molar-refractivity contribution < 1.29 is 14.0 Å². The van der Waals surface area contributed by atoms with Crippen molar-refractivity contribution in [3.05, 3.63) is 60.4 Å². The van der Waals surface area contributed by atoms with Crippen LogP contribution in [-0.4, -0.2) is 40.2 Å². The van der Waals surface area contributed by atoms with E-state index in [2.05, 4.69) is 21.8 Å². The molecule has 0 bridgehead atoms. The fraction of sp³-hybridized carbons (Fsp3) is 0.333. The minimum Gasteiger partial charge on any atom is -0.609 e. The van der Waals surface area contributed by atoms with Gasteiger partial charge in [-0.1, -0.05) is 19.1 Å². The van der Waals surface area contributed by atoms with Gasteiger partial charge >= 0.3 is 0 Å². The average molecular weight is 436 g/mol. The molecule has 5 rings (SSSR count). The first-order valence-corrected chi connectivity index (χ1v) is 12.0. The quantitative estimate of drug-likeness (QED) is 0.544. The molecule has 7 heteroatoms. The minimum atomic E-state index is -1.04. The van der Waals surface area contributed by atoms with E-state index in [9.17, 15) is 4.55 Å². The molecule has 0 amide bonds. The molecule has 3 heterocycles. The van der Waals surface area contributed by atoms with Gasteiger partial charge < -0.3 is 18.9 Å². The van der Waals surface area contributed by atoms with Crippen molar-refractivity contribution in [2.75, 3.05) is 30.5 Å². The van der Waals surface area contributed by atoms with E-state index in [0.717, 1.165) is 65.0 Å². The molecular formula is C24H25N3O3S. The van der Waals surface area contributed by atoms with Crippen molar-refractivity contribution in [1.82, 2.24) is 9.97 Å². The van der Waals surface area contributed by atoms with E-state index in [1.165, 1.54) is 0 Å². The van der Waals surface area contributed by atoms with Gasteiger partial charge in [-0.15, -0.1) is 0 Å². The Kier molecular flexibility index (Phi) is 5.70. The molecular weight excluding hydrogens is 410 g/mol. The van der Waals surface area contributed by atoms with Crippen molar-refractivity contribution in [3.63, 3.8) is 0 Å². The predicted molar refractivity (Wildman–Crippen MR) is 121 cm³/mol. The Balaban J connectivity index is 1.16. The van der Waals surface area contributed by atoms with Crippen molar-refractivity contribution in [1.29, 1.82) is 0 Å². The largest absolute Gasteiger partial charge is 0.609 e. The number of rotatable bonds is 6. The number of ether oxygens (including phenoxy) is 2. The van der Waals surface area contributed by atoms with E-state index in [-0.39, 0.29) is 5.94 Å². The Labute approximate surface area is 185 Å². The first-order chi connectivity index (χ1) is 15.2. The zero-order valence-corrected chi connectivity index (χ0v) is 18.3. The second kappa shape index (κ2) is 8.77. The Bertz CT molecular complexity index is 1040. The first-order valence-electron chi connectivity index (χ1n) is 10.6. The zero-order chi connectivity index (χ0) is 21.2. The van der Waals surface area contributed by atoms with Crippen LogP contribution in [0.1, 0.15) is 18.9 Å². The summed E-state index contributed by atoms with van der Waals surface area (Å²) < 4.78 is 23.4. The van der Waals surface area contributed by atoms with Gasteiger partial charge in [0.05, 0.1) is 6.61 Å². The third kappa shape index (κ3) is 4.34. The van der Waals surface area contributed by atoms with E-state index >= 15 is 0 Å². The number of hydrogen-bond acceptors (Lipinski definition) is 6. The number of fused-ring (bicyclic) bond motifs is 1. The fourth-order valence-corrected chi connectivity index (χ4v) is 4.89. The molecule has 2 aliphatic heterocycles. The van der Waals surface area contributed by atoms with Crippen LogP contribution in [0.5, 0.6) is 11.5 Å². The second-order valence-electron chi connectivity index (χ2n) is 7.95. The molecule has 160 valence electrons. The topological polar surface area (TPSA) is 70.5 Å². The highest BCUT2D eigenvalue weighted by atomic mass is 32.2. The van der Waals surface area contributed by atoms with Crippen LogP contribution in [0.2, 0.25) is 0 Å². The lowest BCUT2D eigenvalue weighted by Gasteiger charge is -2.16. The van der Waals surface area contributed by atoms with Gasteiger partial charge in [0.2, 0.25) is 5.95 Å². The van der Waals surface area contributed by atoms with Crippen LogP contribution in [0.4, 0.5) is 5.95 Å². The number of nitrogens with zero attached hydrogens (tertiary/aromatic N) is 3. The summed E-state index contributed by atoms with van der Waals surface area (Å²) in [6.07, 6.45) is 5.87. The van der Waals surface area contributed by atoms with Crippen LogP contribution in [-0.2, 0) is 17.6 Å². The van der Waals surface area contributed by atoms with Gasteiger partial charge in [0, 0.05) is 42.6 Å². The molecule has 31 heavy (non-hydrogen) atoms. The molecule has 2 aliphatic rings. The number of hydrogen-bond donors (Lipinski definition) is 0. The lowest BCUT2D eigenvalue weighted by molar-refractivity contribution is 0.261. The zero-order valence-electron chi connectivity index (χ0n) is 17.5. The Hall–Kier alpha value is -2.77. The third-order valence-electron chi connectivity index (χ3n) is 5.85.